The topological polar surface area (TPSA) is 64.9 Å². The zero-order valence-electron chi connectivity index (χ0n) is 9.06. The molecule has 2 aliphatic rings. The molecular formula is C10H15N3O2. The average molecular weight is 209 g/mol. The molecule has 0 aliphatic carbocycles. The van der Waals surface area contributed by atoms with Gasteiger partial charge < -0.3 is 10.4 Å². The molecule has 2 atom stereocenters. The van der Waals surface area contributed by atoms with Gasteiger partial charge in [0.2, 0.25) is 0 Å². The summed E-state index contributed by atoms with van der Waals surface area (Å²) in [6, 6.07) is -0.323. The Balaban J connectivity index is 2.34. The molecule has 5 heteroatoms. The number of nitrogens with one attached hydrogen (secondary N) is 1. The first-order valence-electron chi connectivity index (χ1n) is 4.97. The second-order valence-electron chi connectivity index (χ2n) is 4.51. The molecule has 0 aromatic heterocycles. The van der Waals surface area contributed by atoms with Crippen LogP contribution >= 0.6 is 0 Å². The van der Waals surface area contributed by atoms with E-state index in [1.807, 2.05) is 6.92 Å². The van der Waals surface area contributed by atoms with Crippen molar-refractivity contribution in [2.45, 2.75) is 32.4 Å². The molecule has 0 bridgehead atoms. The van der Waals surface area contributed by atoms with Gasteiger partial charge in [0.25, 0.3) is 5.91 Å². The Kier molecular flexibility index (Phi) is 2.08. The predicted octanol–water partition coefficient (Wildman–Crippen LogP) is 0.0346. The van der Waals surface area contributed by atoms with Crippen molar-refractivity contribution in [1.29, 1.82) is 0 Å². The molecule has 82 valence electrons. The van der Waals surface area contributed by atoms with Crippen molar-refractivity contribution in [2.75, 3.05) is 0 Å². The van der Waals surface area contributed by atoms with E-state index in [0.717, 1.165) is 5.57 Å². The summed E-state index contributed by atoms with van der Waals surface area (Å²) >= 11 is 0. The first kappa shape index (κ1) is 10.2. The van der Waals surface area contributed by atoms with Gasteiger partial charge >= 0.3 is 0 Å². The van der Waals surface area contributed by atoms with Crippen LogP contribution in [0, 0.1) is 5.92 Å². The number of carbonyl (C=O) groups excluding carboxylic acids is 1. The molecule has 1 amide bonds. The fourth-order valence-electron chi connectivity index (χ4n) is 2.15. The minimum atomic E-state index is -0.910. The van der Waals surface area contributed by atoms with Gasteiger partial charge in [0.15, 0.2) is 0 Å². The number of nitrogens with zero attached hydrogens (tertiary/aromatic N) is 2. The summed E-state index contributed by atoms with van der Waals surface area (Å²) in [4.78, 5) is 11.6. The van der Waals surface area contributed by atoms with Gasteiger partial charge in [-0.1, -0.05) is 6.92 Å². The molecular weight excluding hydrogens is 194 g/mol. The average Bonchev–Trinajstić information content (AvgIpc) is 2.44. The number of aliphatic hydroxyl groups is 1. The minimum Gasteiger partial charge on any atom is -0.386 e. The van der Waals surface area contributed by atoms with Gasteiger partial charge in [-0.2, -0.15) is 5.10 Å². The third-order valence-electron chi connectivity index (χ3n) is 2.89. The van der Waals surface area contributed by atoms with Crippen LogP contribution in [0.1, 0.15) is 20.8 Å². The maximum Gasteiger partial charge on any atom is 0.250 e. The van der Waals surface area contributed by atoms with E-state index >= 15 is 0 Å². The first-order valence-corrected chi connectivity index (χ1v) is 4.97. The molecule has 0 fully saturated rings. The summed E-state index contributed by atoms with van der Waals surface area (Å²) in [6.07, 6.45) is 3.12. The van der Waals surface area contributed by atoms with Crippen LogP contribution in [-0.4, -0.2) is 34.0 Å². The molecule has 2 rings (SSSR count). The number of hydrogen-bond donors (Lipinski definition) is 2. The minimum absolute atomic E-state index is 0.0255. The molecule has 0 aromatic rings. The first-order chi connectivity index (χ1) is 6.91. The monoisotopic (exact) mass is 209 g/mol. The maximum atomic E-state index is 11.6. The van der Waals surface area contributed by atoms with Gasteiger partial charge in [0, 0.05) is 12.1 Å². The lowest BCUT2D eigenvalue weighted by atomic mass is 9.86. The lowest BCUT2D eigenvalue weighted by Crippen LogP contribution is -2.47. The summed E-state index contributed by atoms with van der Waals surface area (Å²) in [5.74, 6) is -0.101. The molecule has 15 heavy (non-hydrogen) atoms. The van der Waals surface area contributed by atoms with Crippen molar-refractivity contribution in [2.24, 2.45) is 11.0 Å². The second-order valence-corrected chi connectivity index (χ2v) is 4.51. The molecule has 0 saturated carbocycles. The van der Waals surface area contributed by atoms with Crippen LogP contribution in [0.5, 0.6) is 0 Å². The number of rotatable bonds is 1. The lowest BCUT2D eigenvalue weighted by molar-refractivity contribution is -0.125. The van der Waals surface area contributed by atoms with Crippen LogP contribution in [0.25, 0.3) is 0 Å². The number of amides is 1. The Labute approximate surface area is 88.5 Å². The van der Waals surface area contributed by atoms with Crippen LogP contribution in [0.3, 0.4) is 0 Å². The molecule has 2 heterocycles. The largest absolute Gasteiger partial charge is 0.386 e. The van der Waals surface area contributed by atoms with E-state index in [1.54, 1.807) is 25.1 Å². The van der Waals surface area contributed by atoms with Gasteiger partial charge in [0.05, 0.1) is 5.60 Å². The van der Waals surface area contributed by atoms with Crippen LogP contribution in [-0.2, 0) is 4.79 Å². The van der Waals surface area contributed by atoms with E-state index in [2.05, 4.69) is 10.4 Å². The van der Waals surface area contributed by atoms with Crippen molar-refractivity contribution in [3.8, 4) is 0 Å². The molecule has 0 spiro atoms. The number of hydrogen-bond acceptors (Lipinski definition) is 4. The van der Waals surface area contributed by atoms with Crippen LogP contribution in [0.2, 0.25) is 0 Å². The number of hydrazone groups is 1. The fourth-order valence-corrected chi connectivity index (χ4v) is 2.15. The van der Waals surface area contributed by atoms with Crippen molar-refractivity contribution in [1.82, 2.24) is 10.3 Å². The van der Waals surface area contributed by atoms with Crippen LogP contribution < -0.4 is 5.32 Å². The SMILES string of the molecule is CC1C(C(C)(C)O)=CN2N=CNC(=O)C12. The van der Waals surface area contributed by atoms with E-state index < -0.39 is 5.60 Å². The zero-order chi connectivity index (χ0) is 11.2. The Morgan fingerprint density at radius 1 is 1.60 bits per heavy atom. The molecule has 2 N–H and O–H groups in total. The van der Waals surface area contributed by atoms with E-state index in [0.29, 0.717) is 0 Å². The smallest absolute Gasteiger partial charge is 0.250 e. The van der Waals surface area contributed by atoms with E-state index in [4.69, 9.17) is 0 Å². The van der Waals surface area contributed by atoms with E-state index in [1.165, 1.54) is 6.34 Å². The van der Waals surface area contributed by atoms with Crippen molar-refractivity contribution < 1.29 is 9.90 Å². The maximum absolute atomic E-state index is 11.6. The molecule has 0 saturated heterocycles. The second kappa shape index (κ2) is 3.06. The lowest BCUT2D eigenvalue weighted by Gasteiger charge is -2.27. The highest BCUT2D eigenvalue weighted by Gasteiger charge is 2.43. The fraction of sp³-hybridized carbons (Fsp3) is 0.600. The third kappa shape index (κ3) is 1.52. The summed E-state index contributed by atoms with van der Waals surface area (Å²) in [5, 5.41) is 18.2. The van der Waals surface area contributed by atoms with Gasteiger partial charge in [-0.3, -0.25) is 9.80 Å². The molecule has 0 radical (unpaired) electrons. The standard InChI is InChI=1S/C10H15N3O2/c1-6-7(10(2,3)15)4-13-8(6)9(14)11-5-12-13/h4-6,8,15H,1-3H3,(H,11,12,14). The molecule has 2 aliphatic heterocycles. The highest BCUT2D eigenvalue weighted by molar-refractivity contribution is 5.93. The van der Waals surface area contributed by atoms with E-state index in [9.17, 15) is 9.90 Å². The Morgan fingerprint density at radius 2 is 2.27 bits per heavy atom. The Hall–Kier alpha value is -1.36. The summed E-state index contributed by atoms with van der Waals surface area (Å²) in [5.41, 5.74) is -0.0753. The summed E-state index contributed by atoms with van der Waals surface area (Å²) in [6.45, 7) is 5.36. The normalized spacial score (nSPS) is 30.0. The predicted molar refractivity (Wildman–Crippen MR) is 55.8 cm³/mol. The van der Waals surface area contributed by atoms with E-state index in [-0.39, 0.29) is 17.9 Å². The van der Waals surface area contributed by atoms with Crippen molar-refractivity contribution >= 4 is 12.2 Å². The van der Waals surface area contributed by atoms with Crippen LogP contribution in [0.4, 0.5) is 0 Å². The molecule has 5 nitrogen and oxygen atoms in total. The molecule has 0 aromatic carbocycles. The highest BCUT2D eigenvalue weighted by Crippen LogP contribution is 2.35. The number of carbonyl (C=O) groups is 1. The molecule has 2 unspecified atom stereocenters. The summed E-state index contributed by atoms with van der Waals surface area (Å²) in [7, 11) is 0. The van der Waals surface area contributed by atoms with Gasteiger partial charge in [-0.05, 0) is 19.4 Å². The quantitative estimate of drug-likeness (QED) is 0.640. The van der Waals surface area contributed by atoms with Crippen LogP contribution in [0.15, 0.2) is 16.9 Å². The van der Waals surface area contributed by atoms with Crippen molar-refractivity contribution in [3.05, 3.63) is 11.8 Å². The van der Waals surface area contributed by atoms with Gasteiger partial charge in [-0.25, -0.2) is 0 Å². The summed E-state index contributed by atoms with van der Waals surface area (Å²) < 4.78 is 0. The Morgan fingerprint density at radius 3 is 2.80 bits per heavy atom. The van der Waals surface area contributed by atoms with Crippen molar-refractivity contribution in [3.63, 3.8) is 0 Å². The zero-order valence-corrected chi connectivity index (χ0v) is 9.06. The van der Waals surface area contributed by atoms with Gasteiger partial charge in [-0.15, -0.1) is 0 Å². The Bertz CT molecular complexity index is 354. The van der Waals surface area contributed by atoms with Gasteiger partial charge in [0.1, 0.15) is 12.4 Å². The third-order valence-corrected chi connectivity index (χ3v) is 2.89. The number of fused-ring (bicyclic) bond motifs is 1. The highest BCUT2D eigenvalue weighted by atomic mass is 16.3.